The van der Waals surface area contributed by atoms with Crippen LogP contribution in [0, 0.1) is 0 Å². The number of nitrogens with zero attached hydrogens (tertiary/aromatic N) is 2. The largest absolute Gasteiger partial charge is 0.497 e. The van der Waals surface area contributed by atoms with E-state index in [1.54, 1.807) is 18.4 Å². The predicted octanol–water partition coefficient (Wildman–Crippen LogP) is 3.19. The van der Waals surface area contributed by atoms with E-state index in [4.69, 9.17) is 9.47 Å². The monoisotopic (exact) mass is 296 g/mol. The summed E-state index contributed by atoms with van der Waals surface area (Å²) in [5.41, 5.74) is 2.58. The minimum absolute atomic E-state index is 0.320. The first-order chi connectivity index (χ1) is 10.7. The van der Waals surface area contributed by atoms with Crippen LogP contribution in [0.4, 0.5) is 0 Å². The van der Waals surface area contributed by atoms with Gasteiger partial charge in [-0.1, -0.05) is 6.07 Å². The van der Waals surface area contributed by atoms with E-state index < -0.39 is 0 Å². The van der Waals surface area contributed by atoms with Gasteiger partial charge in [-0.15, -0.1) is 0 Å². The number of rotatable bonds is 4. The zero-order valence-corrected chi connectivity index (χ0v) is 12.4. The third-order valence-corrected chi connectivity index (χ3v) is 3.36. The van der Waals surface area contributed by atoms with Gasteiger partial charge in [0.15, 0.2) is 5.69 Å². The summed E-state index contributed by atoms with van der Waals surface area (Å²) in [5, 5.41) is 0. The van der Waals surface area contributed by atoms with E-state index in [1.807, 2.05) is 48.7 Å². The topological polar surface area (TPSA) is 52.8 Å². The smallest absolute Gasteiger partial charge is 0.357 e. The van der Waals surface area contributed by atoms with Crippen molar-refractivity contribution in [3.63, 3.8) is 0 Å². The lowest BCUT2D eigenvalue weighted by Crippen LogP contribution is -2.09. The van der Waals surface area contributed by atoms with Crippen molar-refractivity contribution in [2.75, 3.05) is 13.7 Å². The maximum absolute atomic E-state index is 12.3. The highest BCUT2D eigenvalue weighted by Gasteiger charge is 2.21. The molecule has 0 saturated carbocycles. The van der Waals surface area contributed by atoms with Crippen molar-refractivity contribution < 1.29 is 14.3 Å². The van der Waals surface area contributed by atoms with Crippen LogP contribution in [0.1, 0.15) is 17.4 Å². The molecule has 3 rings (SSSR count). The van der Waals surface area contributed by atoms with Gasteiger partial charge in [-0.3, -0.25) is 4.40 Å². The summed E-state index contributed by atoms with van der Waals surface area (Å²) in [6.07, 6.45) is 1.81. The molecule has 0 atom stereocenters. The fourth-order valence-corrected chi connectivity index (χ4v) is 2.34. The Morgan fingerprint density at radius 2 is 1.95 bits per heavy atom. The molecule has 5 nitrogen and oxygen atoms in total. The first-order valence-corrected chi connectivity index (χ1v) is 7.03. The maximum atomic E-state index is 12.3. The number of carbonyl (C=O) groups is 1. The van der Waals surface area contributed by atoms with Gasteiger partial charge in [0.1, 0.15) is 17.1 Å². The molecule has 0 saturated heterocycles. The molecular formula is C17H16N2O3. The fourth-order valence-electron chi connectivity index (χ4n) is 2.34. The molecule has 2 heterocycles. The van der Waals surface area contributed by atoms with Gasteiger partial charge in [0.05, 0.1) is 13.7 Å². The molecule has 2 aromatic heterocycles. The Balaban J connectivity index is 2.18. The molecule has 22 heavy (non-hydrogen) atoms. The Hall–Kier alpha value is -2.82. The lowest BCUT2D eigenvalue weighted by molar-refractivity contribution is 0.0519. The molecule has 0 aliphatic heterocycles. The first-order valence-electron chi connectivity index (χ1n) is 7.03. The van der Waals surface area contributed by atoms with Crippen molar-refractivity contribution in [2.45, 2.75) is 6.92 Å². The van der Waals surface area contributed by atoms with E-state index >= 15 is 0 Å². The van der Waals surface area contributed by atoms with Crippen LogP contribution in [-0.4, -0.2) is 29.1 Å². The minimum atomic E-state index is -0.382. The Bertz CT molecular complexity index is 806. The summed E-state index contributed by atoms with van der Waals surface area (Å²) in [6.45, 7) is 2.11. The summed E-state index contributed by atoms with van der Waals surface area (Å²) >= 11 is 0. The molecule has 0 bridgehead atoms. The van der Waals surface area contributed by atoms with Gasteiger partial charge < -0.3 is 9.47 Å². The molecule has 0 fully saturated rings. The van der Waals surface area contributed by atoms with Crippen molar-refractivity contribution in [3.05, 3.63) is 54.4 Å². The number of fused-ring (bicyclic) bond motifs is 1. The number of carbonyl (C=O) groups excluding carboxylic acids is 1. The molecule has 112 valence electrons. The zero-order chi connectivity index (χ0) is 15.5. The van der Waals surface area contributed by atoms with Gasteiger partial charge in [0.2, 0.25) is 0 Å². The molecule has 3 aromatic rings. The van der Waals surface area contributed by atoms with Crippen LogP contribution in [0.25, 0.3) is 16.9 Å². The van der Waals surface area contributed by atoms with Crippen molar-refractivity contribution in [3.8, 4) is 17.0 Å². The minimum Gasteiger partial charge on any atom is -0.497 e. The number of pyridine rings is 1. The van der Waals surface area contributed by atoms with Crippen molar-refractivity contribution >= 4 is 11.6 Å². The second kappa shape index (κ2) is 5.89. The van der Waals surface area contributed by atoms with Gasteiger partial charge >= 0.3 is 5.97 Å². The van der Waals surface area contributed by atoms with Crippen molar-refractivity contribution in [1.82, 2.24) is 9.38 Å². The number of hydrogen-bond donors (Lipinski definition) is 0. The number of methoxy groups -OCH3 is 1. The normalized spacial score (nSPS) is 10.6. The number of aromatic nitrogens is 2. The van der Waals surface area contributed by atoms with Gasteiger partial charge in [-0.25, -0.2) is 9.78 Å². The lowest BCUT2D eigenvalue weighted by atomic mass is 10.1. The Labute approximate surface area is 128 Å². The average Bonchev–Trinajstić information content (AvgIpc) is 2.94. The summed E-state index contributed by atoms with van der Waals surface area (Å²) in [6, 6.07) is 13.0. The second-order valence-electron chi connectivity index (χ2n) is 4.69. The summed E-state index contributed by atoms with van der Waals surface area (Å²) in [7, 11) is 1.62. The molecule has 0 unspecified atom stereocenters. The van der Waals surface area contributed by atoms with E-state index in [0.29, 0.717) is 23.6 Å². The maximum Gasteiger partial charge on any atom is 0.357 e. The predicted molar refractivity (Wildman–Crippen MR) is 83.1 cm³/mol. The molecule has 1 aromatic carbocycles. The number of esters is 1. The number of imidazole rings is 1. The summed E-state index contributed by atoms with van der Waals surface area (Å²) < 4.78 is 12.1. The Kier molecular flexibility index (Phi) is 3.78. The Morgan fingerprint density at radius 1 is 1.18 bits per heavy atom. The Morgan fingerprint density at radius 3 is 2.64 bits per heavy atom. The molecule has 5 heteroatoms. The van der Waals surface area contributed by atoms with Gasteiger partial charge in [0.25, 0.3) is 0 Å². The van der Waals surface area contributed by atoms with Crippen LogP contribution in [0.3, 0.4) is 0 Å². The molecule has 0 aliphatic rings. The molecule has 0 N–H and O–H groups in total. The van der Waals surface area contributed by atoms with Crippen LogP contribution in [0.2, 0.25) is 0 Å². The molecule has 0 radical (unpaired) electrons. The molecular weight excluding hydrogens is 280 g/mol. The fraction of sp³-hybridized carbons (Fsp3) is 0.176. The number of hydrogen-bond acceptors (Lipinski definition) is 4. The summed E-state index contributed by atoms with van der Waals surface area (Å²) in [4.78, 5) is 16.9. The van der Waals surface area contributed by atoms with E-state index in [9.17, 15) is 4.79 Å². The quantitative estimate of drug-likeness (QED) is 0.694. The highest BCUT2D eigenvalue weighted by atomic mass is 16.5. The molecule has 0 amide bonds. The summed E-state index contributed by atoms with van der Waals surface area (Å²) in [5.74, 6) is 0.372. The van der Waals surface area contributed by atoms with Crippen LogP contribution < -0.4 is 4.74 Å². The van der Waals surface area contributed by atoms with Gasteiger partial charge in [0, 0.05) is 11.8 Å². The van der Waals surface area contributed by atoms with Crippen molar-refractivity contribution in [1.29, 1.82) is 0 Å². The molecule has 0 aliphatic carbocycles. The van der Waals surface area contributed by atoms with E-state index in [0.717, 1.165) is 11.3 Å². The van der Waals surface area contributed by atoms with Crippen molar-refractivity contribution in [2.24, 2.45) is 0 Å². The standard InChI is InChI=1S/C17H16N2O3/c1-3-22-17(20)16-15(12-7-9-13(21-2)10-8-12)18-14-6-4-5-11-19(14)16/h4-11H,3H2,1-2H3. The SMILES string of the molecule is CCOC(=O)c1c(-c2ccc(OC)cc2)nc2ccccn12. The van der Waals surface area contributed by atoms with E-state index in [-0.39, 0.29) is 5.97 Å². The van der Waals surface area contributed by atoms with Crippen LogP contribution in [0.15, 0.2) is 48.7 Å². The zero-order valence-electron chi connectivity index (χ0n) is 12.4. The average molecular weight is 296 g/mol. The second-order valence-corrected chi connectivity index (χ2v) is 4.69. The highest BCUT2D eigenvalue weighted by molar-refractivity contribution is 5.96. The molecule has 0 spiro atoms. The van der Waals surface area contributed by atoms with E-state index in [2.05, 4.69) is 4.98 Å². The van der Waals surface area contributed by atoms with Gasteiger partial charge in [-0.2, -0.15) is 0 Å². The lowest BCUT2D eigenvalue weighted by Gasteiger charge is -2.05. The van der Waals surface area contributed by atoms with Gasteiger partial charge in [-0.05, 0) is 43.3 Å². The number of ether oxygens (including phenoxy) is 2. The third-order valence-electron chi connectivity index (χ3n) is 3.36. The van der Waals surface area contributed by atoms with Crippen LogP contribution in [0.5, 0.6) is 5.75 Å². The van der Waals surface area contributed by atoms with Crippen LogP contribution >= 0.6 is 0 Å². The number of benzene rings is 1. The van der Waals surface area contributed by atoms with E-state index in [1.165, 1.54) is 0 Å². The first kappa shape index (κ1) is 14.1. The highest BCUT2D eigenvalue weighted by Crippen LogP contribution is 2.26. The third kappa shape index (κ3) is 2.41. The van der Waals surface area contributed by atoms with Crippen LogP contribution in [-0.2, 0) is 4.74 Å².